The normalized spacial score (nSPS) is 17.5. The molecular weight excluding hydrogens is 248 g/mol. The van der Waals surface area contributed by atoms with Crippen molar-refractivity contribution in [2.24, 2.45) is 0 Å². The number of rotatable bonds is 3. The molecule has 1 aliphatic carbocycles. The molecule has 1 saturated carbocycles. The fourth-order valence-electron chi connectivity index (χ4n) is 2.27. The van der Waals surface area contributed by atoms with Gasteiger partial charge in [0.25, 0.3) is 0 Å². The molecule has 1 aromatic heterocycles. The van der Waals surface area contributed by atoms with E-state index in [4.69, 9.17) is 12.2 Å². The quantitative estimate of drug-likeness (QED) is 0.849. The molecule has 4 heteroatoms. The minimum atomic E-state index is 0.442. The molecule has 0 radical (unpaired) electrons. The molecule has 0 unspecified atom stereocenters. The van der Waals surface area contributed by atoms with Crippen LogP contribution in [-0.2, 0) is 6.54 Å². The molecule has 0 bridgehead atoms. The summed E-state index contributed by atoms with van der Waals surface area (Å²) in [6.07, 6.45) is 4.83. The second-order valence-electron chi connectivity index (χ2n) is 4.92. The van der Waals surface area contributed by atoms with E-state index in [1.807, 2.05) is 11.8 Å². The molecule has 17 heavy (non-hydrogen) atoms. The molecule has 1 fully saturated rings. The topological polar surface area (TPSA) is 20.7 Å². The minimum Gasteiger partial charge on any atom is -0.331 e. The lowest BCUT2D eigenvalue weighted by molar-refractivity contribution is 0.670. The first-order valence-corrected chi connectivity index (χ1v) is 7.51. The van der Waals surface area contributed by atoms with Crippen LogP contribution in [0.3, 0.4) is 0 Å². The van der Waals surface area contributed by atoms with Gasteiger partial charge in [-0.25, -0.2) is 0 Å². The Morgan fingerprint density at radius 3 is 2.88 bits per heavy atom. The van der Waals surface area contributed by atoms with Crippen molar-refractivity contribution in [1.29, 1.82) is 0 Å². The second-order valence-corrected chi connectivity index (χ2v) is 6.59. The van der Waals surface area contributed by atoms with Crippen molar-refractivity contribution in [2.45, 2.75) is 31.1 Å². The maximum Gasteiger partial charge on any atom is 0.178 e. The fourth-order valence-corrected chi connectivity index (χ4v) is 3.32. The lowest BCUT2D eigenvalue weighted by atomic mass is 10.2. The van der Waals surface area contributed by atoms with Crippen molar-refractivity contribution in [3.63, 3.8) is 0 Å². The summed E-state index contributed by atoms with van der Waals surface area (Å²) in [5.74, 6) is 0. The highest BCUT2D eigenvalue weighted by Crippen LogP contribution is 2.48. The number of H-pyrrole nitrogens is 1. The van der Waals surface area contributed by atoms with Crippen LogP contribution >= 0.6 is 24.0 Å². The van der Waals surface area contributed by atoms with E-state index >= 15 is 0 Å². The van der Waals surface area contributed by atoms with Crippen molar-refractivity contribution in [2.75, 3.05) is 6.26 Å². The van der Waals surface area contributed by atoms with E-state index in [1.165, 1.54) is 23.9 Å². The number of hydrogen-bond donors (Lipinski definition) is 1. The van der Waals surface area contributed by atoms with Crippen molar-refractivity contribution in [1.82, 2.24) is 9.55 Å². The molecule has 1 heterocycles. The van der Waals surface area contributed by atoms with E-state index in [1.54, 1.807) is 0 Å². The summed E-state index contributed by atoms with van der Waals surface area (Å²) in [5, 5.41) is 0. The number of thioether (sulfide) groups is 1. The van der Waals surface area contributed by atoms with Gasteiger partial charge in [0.05, 0.1) is 11.0 Å². The van der Waals surface area contributed by atoms with Crippen molar-refractivity contribution >= 4 is 35.0 Å². The highest BCUT2D eigenvalue weighted by molar-refractivity contribution is 8.00. The molecule has 2 nitrogen and oxygen atoms in total. The van der Waals surface area contributed by atoms with Gasteiger partial charge >= 0.3 is 0 Å². The molecule has 0 amide bonds. The first kappa shape index (κ1) is 11.4. The molecule has 1 N–H and O–H groups in total. The predicted molar refractivity (Wildman–Crippen MR) is 77.3 cm³/mol. The summed E-state index contributed by atoms with van der Waals surface area (Å²) in [7, 11) is 0. The lowest BCUT2D eigenvalue weighted by Crippen LogP contribution is -2.13. The Labute approximate surface area is 110 Å². The monoisotopic (exact) mass is 264 g/mol. The third-order valence-electron chi connectivity index (χ3n) is 3.62. The predicted octanol–water partition coefficient (Wildman–Crippen LogP) is 3.90. The molecule has 90 valence electrons. The number of aromatic amines is 1. The van der Waals surface area contributed by atoms with E-state index in [-0.39, 0.29) is 0 Å². The smallest absolute Gasteiger partial charge is 0.178 e. The van der Waals surface area contributed by atoms with Crippen LogP contribution in [0.2, 0.25) is 0 Å². The third-order valence-corrected chi connectivity index (χ3v) is 5.34. The minimum absolute atomic E-state index is 0.442. The van der Waals surface area contributed by atoms with Gasteiger partial charge < -0.3 is 9.55 Å². The maximum absolute atomic E-state index is 5.44. The maximum atomic E-state index is 5.44. The largest absolute Gasteiger partial charge is 0.331 e. The summed E-state index contributed by atoms with van der Waals surface area (Å²) in [5.41, 5.74) is 3.68. The van der Waals surface area contributed by atoms with Crippen LogP contribution in [-0.4, -0.2) is 20.6 Å². The zero-order valence-corrected chi connectivity index (χ0v) is 11.8. The Kier molecular flexibility index (Phi) is 2.60. The third kappa shape index (κ3) is 1.93. The summed E-state index contributed by atoms with van der Waals surface area (Å²) < 4.78 is 3.56. The Hall–Kier alpha value is -0.740. The van der Waals surface area contributed by atoms with Gasteiger partial charge in [-0.3, -0.25) is 0 Å². The average molecular weight is 264 g/mol. The molecule has 1 aliphatic rings. The summed E-state index contributed by atoms with van der Waals surface area (Å²) in [6.45, 7) is 3.16. The highest BCUT2D eigenvalue weighted by atomic mass is 32.2. The summed E-state index contributed by atoms with van der Waals surface area (Å²) in [6, 6.07) is 6.47. The summed E-state index contributed by atoms with van der Waals surface area (Å²) >= 11 is 7.41. The summed E-state index contributed by atoms with van der Waals surface area (Å²) in [4.78, 5) is 3.30. The van der Waals surface area contributed by atoms with Gasteiger partial charge in [-0.2, -0.15) is 11.8 Å². The van der Waals surface area contributed by atoms with Crippen LogP contribution in [0.25, 0.3) is 11.0 Å². The molecule has 2 aromatic rings. The van der Waals surface area contributed by atoms with Crippen LogP contribution in [0, 0.1) is 11.7 Å². The highest BCUT2D eigenvalue weighted by Gasteiger charge is 2.42. The van der Waals surface area contributed by atoms with Crippen LogP contribution in [0.1, 0.15) is 18.4 Å². The lowest BCUT2D eigenvalue weighted by Gasteiger charge is -2.13. The molecule has 0 saturated heterocycles. The van der Waals surface area contributed by atoms with Gasteiger partial charge in [0.15, 0.2) is 4.77 Å². The zero-order valence-electron chi connectivity index (χ0n) is 10.1. The molecule has 1 aromatic carbocycles. The second kappa shape index (κ2) is 3.89. The first-order chi connectivity index (χ1) is 8.13. The van der Waals surface area contributed by atoms with Crippen LogP contribution in [0.15, 0.2) is 18.2 Å². The number of aryl methyl sites for hydroxylation is 1. The average Bonchev–Trinajstić information content (AvgIpc) is 3.03. The number of benzene rings is 1. The number of hydrogen-bond acceptors (Lipinski definition) is 2. The number of fused-ring (bicyclic) bond motifs is 1. The van der Waals surface area contributed by atoms with Gasteiger partial charge in [-0.15, -0.1) is 0 Å². The van der Waals surface area contributed by atoms with Crippen LogP contribution in [0.4, 0.5) is 0 Å². The standard InChI is InChI=1S/C13H16N2S2/c1-9-3-4-10-11(7-9)15(12(16)14-10)8-13(17-2)5-6-13/h3-4,7H,5-6,8H2,1-2H3,(H,14,16). The molecule has 0 spiro atoms. The number of nitrogens with zero attached hydrogens (tertiary/aromatic N) is 1. The van der Waals surface area contributed by atoms with E-state index < -0.39 is 0 Å². The Morgan fingerprint density at radius 2 is 2.24 bits per heavy atom. The van der Waals surface area contributed by atoms with Crippen LogP contribution < -0.4 is 0 Å². The van der Waals surface area contributed by atoms with Gasteiger partial charge in [-0.05, 0) is 55.9 Å². The number of aromatic nitrogens is 2. The Bertz CT molecular complexity index is 620. The van der Waals surface area contributed by atoms with Gasteiger partial charge in [-0.1, -0.05) is 6.07 Å². The number of nitrogens with one attached hydrogen (secondary N) is 1. The van der Waals surface area contributed by atoms with Gasteiger partial charge in [0.1, 0.15) is 0 Å². The van der Waals surface area contributed by atoms with E-state index in [2.05, 4.69) is 40.9 Å². The van der Waals surface area contributed by atoms with E-state index in [0.29, 0.717) is 4.75 Å². The van der Waals surface area contributed by atoms with Crippen molar-refractivity contribution in [3.05, 3.63) is 28.5 Å². The SMILES string of the molecule is CSC1(Cn2c(=S)[nH]c3ccc(C)cc32)CC1. The molecule has 0 aliphatic heterocycles. The molecule has 0 atom stereocenters. The van der Waals surface area contributed by atoms with E-state index in [9.17, 15) is 0 Å². The van der Waals surface area contributed by atoms with Crippen molar-refractivity contribution in [3.8, 4) is 0 Å². The van der Waals surface area contributed by atoms with Gasteiger partial charge in [0, 0.05) is 11.3 Å². The zero-order chi connectivity index (χ0) is 12.0. The Morgan fingerprint density at radius 1 is 1.47 bits per heavy atom. The number of imidazole rings is 1. The fraction of sp³-hybridized carbons (Fsp3) is 0.462. The van der Waals surface area contributed by atoms with Gasteiger partial charge in [0.2, 0.25) is 0 Å². The van der Waals surface area contributed by atoms with Crippen LogP contribution in [0.5, 0.6) is 0 Å². The molecule has 3 rings (SSSR count). The van der Waals surface area contributed by atoms with Crippen molar-refractivity contribution < 1.29 is 0 Å². The molecular formula is C13H16N2S2. The first-order valence-electron chi connectivity index (χ1n) is 5.88. The van der Waals surface area contributed by atoms with E-state index in [0.717, 1.165) is 16.8 Å². The Balaban J connectivity index is 2.11.